The third kappa shape index (κ3) is 5.21. The maximum Gasteiger partial charge on any atom is 0.573 e. The minimum Gasteiger partial charge on any atom is -0.405 e. The molecule has 1 aliphatic heterocycles. The zero-order valence-electron chi connectivity index (χ0n) is 12.1. The van der Waals surface area contributed by atoms with E-state index in [4.69, 9.17) is 0 Å². The molecule has 1 fully saturated rings. The number of likely N-dealkylation sites (tertiary alicyclic amines) is 1. The third-order valence-electron chi connectivity index (χ3n) is 3.72. The van der Waals surface area contributed by atoms with E-state index >= 15 is 0 Å². The van der Waals surface area contributed by atoms with Crippen molar-refractivity contribution in [3.63, 3.8) is 0 Å². The Hall–Kier alpha value is -1.27. The number of hydrogen-bond acceptors (Lipinski definition) is 3. The molecular weight excluding hydrogens is 281 g/mol. The van der Waals surface area contributed by atoms with Crippen LogP contribution in [0.25, 0.3) is 0 Å². The highest BCUT2D eigenvalue weighted by Crippen LogP contribution is 2.26. The second kappa shape index (κ2) is 7.13. The first-order chi connectivity index (χ1) is 9.96. The number of benzene rings is 1. The summed E-state index contributed by atoms with van der Waals surface area (Å²) in [5.41, 5.74) is 0.517. The van der Waals surface area contributed by atoms with Crippen LogP contribution in [-0.2, 0) is 6.54 Å². The average Bonchev–Trinajstić information content (AvgIpc) is 2.93. The lowest BCUT2D eigenvalue weighted by Crippen LogP contribution is -2.38. The van der Waals surface area contributed by atoms with Gasteiger partial charge in [-0.1, -0.05) is 18.2 Å². The van der Waals surface area contributed by atoms with Gasteiger partial charge in [-0.05, 0) is 38.9 Å². The maximum absolute atomic E-state index is 12.3. The first-order valence-corrected chi connectivity index (χ1v) is 7.24. The zero-order chi connectivity index (χ0) is 15.3. The molecule has 1 atom stereocenters. The van der Waals surface area contributed by atoms with Crippen LogP contribution in [0.15, 0.2) is 24.3 Å². The molecule has 1 aromatic rings. The predicted molar refractivity (Wildman–Crippen MR) is 75.1 cm³/mol. The highest BCUT2D eigenvalue weighted by Gasteiger charge is 2.31. The molecule has 1 aromatic carbocycles. The van der Waals surface area contributed by atoms with Gasteiger partial charge in [-0.2, -0.15) is 0 Å². The van der Waals surface area contributed by atoms with Crippen molar-refractivity contribution in [3.8, 4) is 5.75 Å². The Kier molecular flexibility index (Phi) is 5.47. The number of rotatable bonds is 6. The summed E-state index contributed by atoms with van der Waals surface area (Å²) in [5.74, 6) is -0.133. The Morgan fingerprint density at radius 2 is 1.90 bits per heavy atom. The van der Waals surface area contributed by atoms with Gasteiger partial charge in [0.2, 0.25) is 0 Å². The van der Waals surface area contributed by atoms with Gasteiger partial charge < -0.3 is 10.1 Å². The summed E-state index contributed by atoms with van der Waals surface area (Å²) in [4.78, 5) is 2.39. The van der Waals surface area contributed by atoms with Crippen molar-refractivity contribution in [1.82, 2.24) is 10.2 Å². The molecule has 0 spiro atoms. The number of para-hydroxylation sites is 1. The Balaban J connectivity index is 1.85. The van der Waals surface area contributed by atoms with E-state index in [2.05, 4.69) is 21.9 Å². The summed E-state index contributed by atoms with van der Waals surface area (Å²) in [6, 6.07) is 6.63. The van der Waals surface area contributed by atoms with Crippen LogP contribution in [0.2, 0.25) is 0 Å². The summed E-state index contributed by atoms with van der Waals surface area (Å²) in [5, 5.41) is 3.22. The van der Waals surface area contributed by atoms with Crippen LogP contribution in [0.3, 0.4) is 0 Å². The average molecular weight is 302 g/mol. The molecule has 0 radical (unpaired) electrons. The smallest absolute Gasteiger partial charge is 0.405 e. The van der Waals surface area contributed by atoms with Gasteiger partial charge in [0.1, 0.15) is 5.75 Å². The van der Waals surface area contributed by atoms with Crippen molar-refractivity contribution < 1.29 is 17.9 Å². The van der Waals surface area contributed by atoms with Gasteiger partial charge in [-0.25, -0.2) is 0 Å². The molecule has 0 amide bonds. The number of ether oxygens (including phenoxy) is 1. The van der Waals surface area contributed by atoms with Crippen LogP contribution in [0.4, 0.5) is 13.2 Å². The SMILES string of the molecule is CC(CNCc1ccccc1OC(F)(F)F)N1CCCC1. The Bertz CT molecular complexity index is 445. The molecule has 3 nitrogen and oxygen atoms in total. The highest BCUT2D eigenvalue weighted by molar-refractivity contribution is 5.33. The fraction of sp³-hybridized carbons (Fsp3) is 0.600. The quantitative estimate of drug-likeness (QED) is 0.873. The second-order valence-electron chi connectivity index (χ2n) is 5.38. The lowest BCUT2D eigenvalue weighted by molar-refractivity contribution is -0.274. The van der Waals surface area contributed by atoms with E-state index < -0.39 is 6.36 Å². The summed E-state index contributed by atoms with van der Waals surface area (Å²) in [6.07, 6.45) is -2.20. The van der Waals surface area contributed by atoms with Crippen molar-refractivity contribution in [2.24, 2.45) is 0 Å². The lowest BCUT2D eigenvalue weighted by atomic mass is 10.2. The van der Waals surface area contributed by atoms with E-state index in [-0.39, 0.29) is 5.75 Å². The van der Waals surface area contributed by atoms with Crippen LogP contribution >= 0.6 is 0 Å². The fourth-order valence-electron chi connectivity index (χ4n) is 2.60. The summed E-state index contributed by atoms with van der Waals surface area (Å²) in [6.45, 7) is 5.47. The molecule has 0 saturated carbocycles. The standard InChI is InChI=1S/C15H21F3N2O/c1-12(20-8-4-5-9-20)10-19-11-13-6-2-3-7-14(13)21-15(16,17)18/h2-3,6-7,12,19H,4-5,8-11H2,1H3. The molecule has 0 aliphatic carbocycles. The number of alkyl halides is 3. The maximum atomic E-state index is 12.3. The molecule has 0 bridgehead atoms. The van der Waals surface area contributed by atoms with Crippen LogP contribution in [0.1, 0.15) is 25.3 Å². The van der Waals surface area contributed by atoms with Crippen LogP contribution in [0.5, 0.6) is 5.75 Å². The molecular formula is C15H21F3N2O. The van der Waals surface area contributed by atoms with E-state index in [1.807, 2.05) is 0 Å². The fourth-order valence-corrected chi connectivity index (χ4v) is 2.60. The molecule has 0 aromatic heterocycles. The number of nitrogens with zero attached hydrogens (tertiary/aromatic N) is 1. The van der Waals surface area contributed by atoms with E-state index in [1.54, 1.807) is 12.1 Å². The van der Waals surface area contributed by atoms with Gasteiger partial charge in [0.25, 0.3) is 0 Å². The van der Waals surface area contributed by atoms with E-state index in [1.165, 1.54) is 25.0 Å². The van der Waals surface area contributed by atoms with Crippen molar-refractivity contribution in [1.29, 1.82) is 0 Å². The summed E-state index contributed by atoms with van der Waals surface area (Å²) < 4.78 is 41.0. The molecule has 1 saturated heterocycles. The summed E-state index contributed by atoms with van der Waals surface area (Å²) in [7, 11) is 0. The van der Waals surface area contributed by atoms with Crippen molar-refractivity contribution in [2.75, 3.05) is 19.6 Å². The third-order valence-corrected chi connectivity index (χ3v) is 3.72. The van der Waals surface area contributed by atoms with Gasteiger partial charge in [-0.3, -0.25) is 4.90 Å². The molecule has 118 valence electrons. The summed E-state index contributed by atoms with van der Waals surface area (Å²) >= 11 is 0. The highest BCUT2D eigenvalue weighted by atomic mass is 19.4. The monoisotopic (exact) mass is 302 g/mol. The van der Waals surface area contributed by atoms with E-state index in [0.29, 0.717) is 18.2 Å². The minimum absolute atomic E-state index is 0.133. The topological polar surface area (TPSA) is 24.5 Å². The van der Waals surface area contributed by atoms with E-state index in [9.17, 15) is 13.2 Å². The zero-order valence-corrected chi connectivity index (χ0v) is 12.1. The lowest BCUT2D eigenvalue weighted by Gasteiger charge is -2.24. The molecule has 1 N–H and O–H groups in total. The molecule has 6 heteroatoms. The van der Waals surface area contributed by atoms with Crippen molar-refractivity contribution in [3.05, 3.63) is 29.8 Å². The number of hydrogen-bond donors (Lipinski definition) is 1. The van der Waals surface area contributed by atoms with Crippen LogP contribution < -0.4 is 10.1 Å². The second-order valence-corrected chi connectivity index (χ2v) is 5.38. The molecule has 21 heavy (non-hydrogen) atoms. The largest absolute Gasteiger partial charge is 0.573 e. The normalized spacial score (nSPS) is 17.9. The van der Waals surface area contributed by atoms with E-state index in [0.717, 1.165) is 19.6 Å². The van der Waals surface area contributed by atoms with Gasteiger partial charge in [0.05, 0.1) is 0 Å². The van der Waals surface area contributed by atoms with Crippen molar-refractivity contribution >= 4 is 0 Å². The molecule has 1 unspecified atom stereocenters. The van der Waals surface area contributed by atoms with Crippen molar-refractivity contribution in [2.45, 2.75) is 38.7 Å². The number of halogens is 3. The van der Waals surface area contributed by atoms with Crippen LogP contribution in [-0.4, -0.2) is 36.9 Å². The Labute approximate surface area is 123 Å². The Morgan fingerprint density at radius 3 is 2.57 bits per heavy atom. The van der Waals surface area contributed by atoms with Gasteiger partial charge in [0.15, 0.2) is 0 Å². The van der Waals surface area contributed by atoms with Crippen LogP contribution in [0, 0.1) is 0 Å². The Morgan fingerprint density at radius 1 is 1.24 bits per heavy atom. The minimum atomic E-state index is -4.65. The van der Waals surface area contributed by atoms with Gasteiger partial charge in [-0.15, -0.1) is 13.2 Å². The molecule has 1 heterocycles. The first kappa shape index (κ1) is 16.1. The molecule has 1 aliphatic rings. The molecule has 2 rings (SSSR count). The first-order valence-electron chi connectivity index (χ1n) is 7.24. The number of nitrogens with one attached hydrogen (secondary N) is 1. The van der Waals surface area contributed by atoms with Gasteiger partial charge >= 0.3 is 6.36 Å². The van der Waals surface area contributed by atoms with Gasteiger partial charge in [0, 0.05) is 24.7 Å². The predicted octanol–water partition coefficient (Wildman–Crippen LogP) is 3.16.